The Labute approximate surface area is 116 Å². The van der Waals surface area contributed by atoms with Gasteiger partial charge in [0.25, 0.3) is 5.56 Å². The number of aromatic nitrogens is 1. The van der Waals surface area contributed by atoms with Gasteiger partial charge in [0.2, 0.25) is 0 Å². The second-order valence-electron chi connectivity index (χ2n) is 5.64. The Bertz CT molecular complexity index is 431. The summed E-state index contributed by atoms with van der Waals surface area (Å²) in [5, 5.41) is 3.61. The van der Waals surface area contributed by atoms with Crippen molar-refractivity contribution in [3.8, 4) is 0 Å². The van der Waals surface area contributed by atoms with E-state index < -0.39 is 0 Å². The number of anilines is 1. The molecule has 1 aromatic heterocycles. The molecule has 1 aliphatic carbocycles. The zero-order valence-electron chi connectivity index (χ0n) is 12.0. The smallest absolute Gasteiger partial charge is 0.250 e. The van der Waals surface area contributed by atoms with E-state index >= 15 is 0 Å². The van der Waals surface area contributed by atoms with Gasteiger partial charge in [0.15, 0.2) is 0 Å². The molecule has 106 valence electrons. The lowest BCUT2D eigenvalue weighted by molar-refractivity contribution is 0.471. The van der Waals surface area contributed by atoms with E-state index in [2.05, 4.69) is 12.2 Å². The highest BCUT2D eigenvalue weighted by Crippen LogP contribution is 2.20. The standard InChI is InChI=1S/C16H26N2O/c1-2-12-18-13-15(10-11-16(18)19)17-14-8-6-4-3-5-7-9-14/h10-11,13-14,17H,2-9,12H2,1H3. The lowest BCUT2D eigenvalue weighted by Crippen LogP contribution is -2.23. The molecule has 1 saturated carbocycles. The molecule has 2 rings (SSSR count). The van der Waals surface area contributed by atoms with Crippen LogP contribution in [0.15, 0.2) is 23.1 Å². The van der Waals surface area contributed by atoms with Gasteiger partial charge in [0.1, 0.15) is 0 Å². The van der Waals surface area contributed by atoms with Crippen molar-refractivity contribution in [1.29, 1.82) is 0 Å². The normalized spacial score (nSPS) is 17.7. The molecule has 0 amide bonds. The van der Waals surface area contributed by atoms with E-state index in [0.29, 0.717) is 6.04 Å². The Morgan fingerprint density at radius 1 is 1.16 bits per heavy atom. The van der Waals surface area contributed by atoms with Crippen LogP contribution in [0.1, 0.15) is 58.3 Å². The van der Waals surface area contributed by atoms with E-state index in [1.54, 1.807) is 6.07 Å². The maximum Gasteiger partial charge on any atom is 0.250 e. The second kappa shape index (κ2) is 7.37. The molecule has 0 saturated heterocycles. The van der Waals surface area contributed by atoms with Crippen LogP contribution in [0.25, 0.3) is 0 Å². The van der Waals surface area contributed by atoms with Crippen molar-refractivity contribution < 1.29 is 0 Å². The highest BCUT2D eigenvalue weighted by molar-refractivity contribution is 5.41. The molecule has 1 N–H and O–H groups in total. The van der Waals surface area contributed by atoms with Crippen LogP contribution in [-0.2, 0) is 6.54 Å². The minimum Gasteiger partial charge on any atom is -0.381 e. The van der Waals surface area contributed by atoms with Crippen LogP contribution in [0.3, 0.4) is 0 Å². The lowest BCUT2D eigenvalue weighted by Gasteiger charge is -2.22. The summed E-state index contributed by atoms with van der Waals surface area (Å²) < 4.78 is 1.81. The number of aryl methyl sites for hydroxylation is 1. The molecule has 0 bridgehead atoms. The van der Waals surface area contributed by atoms with Crippen LogP contribution in [0, 0.1) is 0 Å². The SMILES string of the molecule is CCCn1cc(NC2CCCCCCC2)ccc1=O. The van der Waals surface area contributed by atoms with Gasteiger partial charge in [-0.1, -0.05) is 39.0 Å². The Balaban J connectivity index is 2.00. The average molecular weight is 262 g/mol. The Morgan fingerprint density at radius 3 is 2.53 bits per heavy atom. The van der Waals surface area contributed by atoms with Gasteiger partial charge >= 0.3 is 0 Å². The molecule has 0 atom stereocenters. The zero-order valence-corrected chi connectivity index (χ0v) is 12.0. The summed E-state index contributed by atoms with van der Waals surface area (Å²) in [7, 11) is 0. The van der Waals surface area contributed by atoms with Gasteiger partial charge in [-0.2, -0.15) is 0 Å². The van der Waals surface area contributed by atoms with Crippen molar-refractivity contribution in [3.05, 3.63) is 28.7 Å². The molecular formula is C16H26N2O. The monoisotopic (exact) mass is 262 g/mol. The predicted molar refractivity (Wildman–Crippen MR) is 80.7 cm³/mol. The topological polar surface area (TPSA) is 34.0 Å². The molecule has 0 radical (unpaired) electrons. The van der Waals surface area contributed by atoms with Gasteiger partial charge in [-0.25, -0.2) is 0 Å². The largest absolute Gasteiger partial charge is 0.381 e. The summed E-state index contributed by atoms with van der Waals surface area (Å²) in [4.78, 5) is 11.7. The highest BCUT2D eigenvalue weighted by atomic mass is 16.1. The summed E-state index contributed by atoms with van der Waals surface area (Å²) >= 11 is 0. The maximum atomic E-state index is 11.7. The molecule has 3 nitrogen and oxygen atoms in total. The first kappa shape index (κ1) is 14.2. The number of nitrogens with one attached hydrogen (secondary N) is 1. The van der Waals surface area contributed by atoms with E-state index in [4.69, 9.17) is 0 Å². The first-order valence-electron chi connectivity index (χ1n) is 7.76. The fourth-order valence-corrected chi connectivity index (χ4v) is 2.87. The molecule has 19 heavy (non-hydrogen) atoms. The molecule has 0 spiro atoms. The fraction of sp³-hybridized carbons (Fsp3) is 0.688. The van der Waals surface area contributed by atoms with Gasteiger partial charge in [-0.05, 0) is 25.3 Å². The van der Waals surface area contributed by atoms with Crippen molar-refractivity contribution in [3.63, 3.8) is 0 Å². The lowest BCUT2D eigenvalue weighted by atomic mass is 9.96. The third kappa shape index (κ3) is 4.41. The number of hydrogen-bond acceptors (Lipinski definition) is 2. The van der Waals surface area contributed by atoms with Crippen LogP contribution in [0.5, 0.6) is 0 Å². The third-order valence-electron chi connectivity index (χ3n) is 3.92. The van der Waals surface area contributed by atoms with Crippen molar-refractivity contribution in [2.24, 2.45) is 0 Å². The number of nitrogens with zero attached hydrogens (tertiary/aromatic N) is 1. The van der Waals surface area contributed by atoms with E-state index in [1.807, 2.05) is 16.8 Å². The Kier molecular flexibility index (Phi) is 5.49. The van der Waals surface area contributed by atoms with Gasteiger partial charge in [-0.15, -0.1) is 0 Å². The molecule has 1 fully saturated rings. The molecule has 0 unspecified atom stereocenters. The molecule has 1 aromatic rings. The van der Waals surface area contributed by atoms with Crippen molar-refractivity contribution in [1.82, 2.24) is 4.57 Å². The molecule has 1 heterocycles. The predicted octanol–water partition coefficient (Wildman–Crippen LogP) is 3.78. The Hall–Kier alpha value is -1.25. The van der Waals surface area contributed by atoms with E-state index in [9.17, 15) is 4.79 Å². The van der Waals surface area contributed by atoms with Crippen LogP contribution in [0.4, 0.5) is 5.69 Å². The molecular weight excluding hydrogens is 236 g/mol. The van der Waals surface area contributed by atoms with E-state index in [-0.39, 0.29) is 5.56 Å². The highest BCUT2D eigenvalue weighted by Gasteiger charge is 2.11. The number of pyridine rings is 1. The van der Waals surface area contributed by atoms with Gasteiger partial charge in [0, 0.05) is 24.8 Å². The van der Waals surface area contributed by atoms with Crippen LogP contribution in [0.2, 0.25) is 0 Å². The van der Waals surface area contributed by atoms with Gasteiger partial charge in [-0.3, -0.25) is 4.79 Å². The quantitative estimate of drug-likeness (QED) is 0.896. The summed E-state index contributed by atoms with van der Waals surface area (Å²) in [5.41, 5.74) is 1.20. The van der Waals surface area contributed by atoms with Gasteiger partial charge < -0.3 is 9.88 Å². The minimum absolute atomic E-state index is 0.102. The summed E-state index contributed by atoms with van der Waals surface area (Å²) in [6.45, 7) is 2.90. The molecule has 1 aliphatic rings. The molecule has 0 aliphatic heterocycles. The van der Waals surface area contributed by atoms with Crippen LogP contribution in [-0.4, -0.2) is 10.6 Å². The first-order chi connectivity index (χ1) is 9.29. The number of rotatable bonds is 4. The van der Waals surface area contributed by atoms with Gasteiger partial charge in [0.05, 0.1) is 5.69 Å². The summed E-state index contributed by atoms with van der Waals surface area (Å²) in [6, 6.07) is 4.18. The van der Waals surface area contributed by atoms with Crippen molar-refractivity contribution in [2.45, 2.75) is 70.9 Å². The summed E-state index contributed by atoms with van der Waals surface area (Å²) in [5.74, 6) is 0. The van der Waals surface area contributed by atoms with Crippen molar-refractivity contribution in [2.75, 3.05) is 5.32 Å². The van der Waals surface area contributed by atoms with Crippen LogP contribution >= 0.6 is 0 Å². The first-order valence-corrected chi connectivity index (χ1v) is 7.76. The minimum atomic E-state index is 0.102. The molecule has 3 heteroatoms. The van der Waals surface area contributed by atoms with Crippen molar-refractivity contribution >= 4 is 5.69 Å². The fourth-order valence-electron chi connectivity index (χ4n) is 2.87. The van der Waals surface area contributed by atoms with Crippen LogP contribution < -0.4 is 10.9 Å². The maximum absolute atomic E-state index is 11.7. The second-order valence-corrected chi connectivity index (χ2v) is 5.64. The third-order valence-corrected chi connectivity index (χ3v) is 3.92. The number of hydrogen-bond donors (Lipinski definition) is 1. The summed E-state index contributed by atoms with van der Waals surface area (Å²) in [6.07, 6.45) is 12.3. The van der Waals surface area contributed by atoms with E-state index in [1.165, 1.54) is 44.9 Å². The molecule has 0 aromatic carbocycles. The zero-order chi connectivity index (χ0) is 13.5. The van der Waals surface area contributed by atoms with E-state index in [0.717, 1.165) is 18.7 Å². The Morgan fingerprint density at radius 2 is 1.84 bits per heavy atom. The average Bonchev–Trinajstić information content (AvgIpc) is 2.37.